The molecule has 1 aromatic heterocycles. The molecule has 8 atom stereocenters. The number of fused-ring (bicyclic) bond motifs is 9. The number of carboxylic acid groups (broad SMARTS) is 1. The Morgan fingerprint density at radius 2 is 1.79 bits per heavy atom. The summed E-state index contributed by atoms with van der Waals surface area (Å²) < 4.78 is 6.15. The van der Waals surface area contributed by atoms with Gasteiger partial charge in [0.2, 0.25) is 11.8 Å². The highest BCUT2D eigenvalue weighted by molar-refractivity contribution is 8.00. The number of thiazole rings is 1. The van der Waals surface area contributed by atoms with Gasteiger partial charge in [-0.3, -0.25) is 19.3 Å². The molecule has 2 N–H and O–H groups in total. The number of rotatable bonds is 8. The molecular formula is C32H32N2O6S2. The average Bonchev–Trinajstić information content (AvgIpc) is 3.70. The van der Waals surface area contributed by atoms with Crippen LogP contribution in [0.15, 0.2) is 64.4 Å². The van der Waals surface area contributed by atoms with E-state index in [1.54, 1.807) is 11.8 Å². The van der Waals surface area contributed by atoms with Gasteiger partial charge in [-0.1, -0.05) is 67.6 Å². The summed E-state index contributed by atoms with van der Waals surface area (Å²) in [5.74, 6) is -2.28. The number of aromatic amines is 1. The van der Waals surface area contributed by atoms with Crippen LogP contribution in [0.1, 0.15) is 48.6 Å². The highest BCUT2D eigenvalue weighted by Gasteiger charge is 2.70. The number of amides is 2. The van der Waals surface area contributed by atoms with Gasteiger partial charge in [0.1, 0.15) is 18.4 Å². The highest BCUT2D eigenvalue weighted by atomic mass is 32.2. The van der Waals surface area contributed by atoms with Gasteiger partial charge in [-0.15, -0.1) is 11.8 Å². The minimum atomic E-state index is -1.14. The molecule has 0 spiro atoms. The quantitative estimate of drug-likeness (QED) is 0.348. The van der Waals surface area contributed by atoms with E-state index in [2.05, 4.69) is 11.1 Å². The van der Waals surface area contributed by atoms with Crippen molar-refractivity contribution >= 4 is 40.9 Å². The molecule has 218 valence electrons. The molecule has 2 aliphatic carbocycles. The van der Waals surface area contributed by atoms with Crippen molar-refractivity contribution in [3.8, 4) is 5.75 Å². The summed E-state index contributed by atoms with van der Waals surface area (Å²) in [5.41, 5.74) is 2.08. The number of carbonyl (C=O) groups excluding carboxylic acids is 2. The van der Waals surface area contributed by atoms with E-state index in [0.29, 0.717) is 6.61 Å². The molecule has 10 heteroatoms. The van der Waals surface area contributed by atoms with E-state index >= 15 is 0 Å². The van der Waals surface area contributed by atoms with Crippen LogP contribution < -0.4 is 9.61 Å². The third kappa shape index (κ3) is 4.33. The number of hydrogen-bond donors (Lipinski definition) is 2. The van der Waals surface area contributed by atoms with Crippen LogP contribution in [0, 0.1) is 35.5 Å². The van der Waals surface area contributed by atoms with Crippen molar-refractivity contribution in [3.63, 3.8) is 0 Å². The number of aliphatic carboxylic acids is 1. The lowest BCUT2D eigenvalue weighted by molar-refractivity contribution is -0.156. The zero-order valence-corrected chi connectivity index (χ0v) is 24.9. The molecule has 3 fully saturated rings. The van der Waals surface area contributed by atoms with Crippen molar-refractivity contribution in [1.29, 1.82) is 0 Å². The zero-order chi connectivity index (χ0) is 29.3. The number of ether oxygens (including phenoxy) is 1. The first kappa shape index (κ1) is 27.5. The van der Waals surface area contributed by atoms with Crippen molar-refractivity contribution in [2.24, 2.45) is 35.5 Å². The summed E-state index contributed by atoms with van der Waals surface area (Å²) in [7, 11) is 0. The van der Waals surface area contributed by atoms with Crippen molar-refractivity contribution in [2.45, 2.75) is 55.5 Å². The van der Waals surface area contributed by atoms with Crippen molar-refractivity contribution in [3.05, 3.63) is 80.3 Å². The van der Waals surface area contributed by atoms with Crippen molar-refractivity contribution in [2.75, 3.05) is 0 Å². The molecule has 2 bridgehead atoms. The SMILES string of the molecule is CC(C)CC(C(=O)O)N1C(=O)C2C3CC(C2C1=O)C1C(c2cccc(OCc4ccccc4)c2)c2sc(=O)[nH]c2SC31. The van der Waals surface area contributed by atoms with Gasteiger partial charge in [0.25, 0.3) is 0 Å². The monoisotopic (exact) mass is 604 g/mol. The Morgan fingerprint density at radius 1 is 1.05 bits per heavy atom. The molecule has 2 saturated carbocycles. The Hall–Kier alpha value is -3.37. The first-order valence-electron chi connectivity index (χ1n) is 14.5. The summed E-state index contributed by atoms with van der Waals surface area (Å²) >= 11 is 2.84. The number of carboxylic acids is 1. The molecule has 4 aliphatic rings. The first-order chi connectivity index (χ1) is 20.2. The number of hydrogen-bond acceptors (Lipinski definition) is 7. The number of likely N-dealkylation sites (tertiary alicyclic amines) is 1. The summed E-state index contributed by atoms with van der Waals surface area (Å²) in [5, 5.41) is 10.9. The van der Waals surface area contributed by atoms with Gasteiger partial charge < -0.3 is 14.8 Å². The van der Waals surface area contributed by atoms with Crippen LogP contribution in [0.5, 0.6) is 5.75 Å². The fourth-order valence-electron chi connectivity index (χ4n) is 8.02. The van der Waals surface area contributed by atoms with Crippen LogP contribution in [-0.2, 0) is 21.0 Å². The molecule has 3 aromatic rings. The number of nitrogens with zero attached hydrogens (tertiary/aromatic N) is 1. The van der Waals surface area contributed by atoms with Crippen LogP contribution in [0.25, 0.3) is 0 Å². The lowest BCUT2D eigenvalue weighted by Gasteiger charge is -2.43. The average molecular weight is 605 g/mol. The van der Waals surface area contributed by atoms with Gasteiger partial charge in [-0.2, -0.15) is 0 Å². The number of thioether (sulfide) groups is 1. The molecule has 1 saturated heterocycles. The minimum Gasteiger partial charge on any atom is -0.489 e. The Kier molecular flexibility index (Phi) is 6.81. The molecule has 2 amide bonds. The van der Waals surface area contributed by atoms with Crippen molar-refractivity contribution < 1.29 is 24.2 Å². The number of benzene rings is 2. The van der Waals surface area contributed by atoms with E-state index in [0.717, 1.165) is 38.1 Å². The Labute approximate surface area is 251 Å². The van der Waals surface area contributed by atoms with Crippen LogP contribution in [0.2, 0.25) is 0 Å². The van der Waals surface area contributed by atoms with Crippen LogP contribution in [0.4, 0.5) is 0 Å². The van der Waals surface area contributed by atoms with Crippen LogP contribution in [-0.4, -0.2) is 44.1 Å². The Balaban J connectivity index is 1.24. The van der Waals surface area contributed by atoms with Gasteiger partial charge in [-0.25, -0.2) is 4.79 Å². The molecule has 7 rings (SSSR count). The van der Waals surface area contributed by atoms with E-state index in [9.17, 15) is 24.3 Å². The van der Waals surface area contributed by atoms with E-state index in [1.165, 1.54) is 11.3 Å². The maximum absolute atomic E-state index is 13.9. The maximum atomic E-state index is 13.9. The number of imide groups is 1. The molecule has 3 heterocycles. The summed E-state index contributed by atoms with van der Waals surface area (Å²) in [4.78, 5) is 57.5. The lowest BCUT2D eigenvalue weighted by atomic mass is 9.68. The molecule has 2 aromatic carbocycles. The number of nitrogens with one attached hydrogen (secondary N) is 1. The number of aromatic nitrogens is 1. The highest BCUT2D eigenvalue weighted by Crippen LogP contribution is 2.68. The predicted molar refractivity (Wildman–Crippen MR) is 158 cm³/mol. The predicted octanol–water partition coefficient (Wildman–Crippen LogP) is 4.99. The normalized spacial score (nSPS) is 29.9. The van der Waals surface area contributed by atoms with Gasteiger partial charge in [0.05, 0.1) is 16.9 Å². The van der Waals surface area contributed by atoms with Gasteiger partial charge in [0.15, 0.2) is 0 Å². The Morgan fingerprint density at radius 3 is 2.50 bits per heavy atom. The zero-order valence-electron chi connectivity index (χ0n) is 23.3. The largest absolute Gasteiger partial charge is 0.489 e. The van der Waals surface area contributed by atoms with E-state index < -0.39 is 23.8 Å². The molecule has 2 aliphatic heterocycles. The first-order valence-corrected chi connectivity index (χ1v) is 16.2. The molecule has 8 unspecified atom stereocenters. The molecule has 8 nitrogen and oxygen atoms in total. The third-order valence-corrected chi connectivity index (χ3v) is 12.1. The van der Waals surface area contributed by atoms with Gasteiger partial charge in [0, 0.05) is 16.0 Å². The van der Waals surface area contributed by atoms with Gasteiger partial charge in [-0.05, 0) is 59.8 Å². The van der Waals surface area contributed by atoms with Gasteiger partial charge >= 0.3 is 10.8 Å². The third-order valence-electron chi connectivity index (χ3n) is 9.51. The minimum absolute atomic E-state index is 0.0237. The fourth-order valence-corrected chi connectivity index (χ4v) is 10.9. The second-order valence-electron chi connectivity index (χ2n) is 12.3. The number of H-pyrrole nitrogens is 1. The second kappa shape index (κ2) is 10.4. The Bertz CT molecular complexity index is 1620. The molecule has 0 radical (unpaired) electrons. The molecular weight excluding hydrogens is 572 g/mol. The summed E-state index contributed by atoms with van der Waals surface area (Å²) in [6.07, 6.45) is 0.991. The van der Waals surface area contributed by atoms with Crippen molar-refractivity contribution in [1.82, 2.24) is 9.88 Å². The van der Waals surface area contributed by atoms with Crippen LogP contribution in [0.3, 0.4) is 0 Å². The fraction of sp³-hybridized carbons (Fsp3) is 0.438. The smallest absolute Gasteiger partial charge is 0.326 e. The van der Waals surface area contributed by atoms with E-state index in [4.69, 9.17) is 4.74 Å². The molecule has 42 heavy (non-hydrogen) atoms. The second-order valence-corrected chi connectivity index (χ2v) is 14.5. The summed E-state index contributed by atoms with van der Waals surface area (Å²) in [6.45, 7) is 4.23. The topological polar surface area (TPSA) is 117 Å². The van der Waals surface area contributed by atoms with E-state index in [1.807, 2.05) is 62.4 Å². The standard InChI is InChI=1S/C32H32N2O6S2/c1-15(2)11-21(31(37)38)34-29(35)24-19-13-20(25(24)30(34)36)26-23(19)22(27-28(41-26)33-32(39)42-27)17-9-6-10-18(12-17)40-14-16-7-4-3-5-8-16/h3-10,12,15,19-26H,11,13-14H2,1-2H3,(H,33,39)(H,37,38). The number of carbonyl (C=O) groups is 3. The maximum Gasteiger partial charge on any atom is 0.326 e. The van der Waals surface area contributed by atoms with Crippen LogP contribution >= 0.6 is 23.1 Å². The lowest BCUT2D eigenvalue weighted by Crippen LogP contribution is -2.47. The van der Waals surface area contributed by atoms with E-state index in [-0.39, 0.29) is 57.9 Å². The summed E-state index contributed by atoms with van der Waals surface area (Å²) in [6, 6.07) is 16.8.